The van der Waals surface area contributed by atoms with Crippen LogP contribution in [0.5, 0.6) is 0 Å². The monoisotopic (exact) mass is 436 g/mol. The number of halogens is 1. The maximum atomic E-state index is 12.3. The molecule has 21 heavy (non-hydrogen) atoms. The summed E-state index contributed by atoms with van der Waals surface area (Å²) in [5, 5.41) is 3.27. The van der Waals surface area contributed by atoms with E-state index in [4.69, 9.17) is 0 Å². The van der Waals surface area contributed by atoms with Crippen molar-refractivity contribution in [2.24, 2.45) is 0 Å². The van der Waals surface area contributed by atoms with Crippen LogP contribution in [0.4, 0.5) is 5.69 Å². The van der Waals surface area contributed by atoms with Gasteiger partial charge >= 0.3 is 0 Å². The van der Waals surface area contributed by atoms with Crippen LogP contribution in [0.15, 0.2) is 40.6 Å². The third-order valence-electron chi connectivity index (χ3n) is 2.72. The van der Waals surface area contributed by atoms with Crippen LogP contribution in [-0.2, 0) is 16.6 Å². The van der Waals surface area contributed by atoms with E-state index in [1.165, 1.54) is 11.3 Å². The first-order valence-corrected chi connectivity index (χ1v) is 9.97. The summed E-state index contributed by atoms with van der Waals surface area (Å²) in [4.78, 5) is 1.02. The van der Waals surface area contributed by atoms with Crippen molar-refractivity contribution in [3.05, 3.63) is 44.8 Å². The van der Waals surface area contributed by atoms with E-state index in [1.54, 1.807) is 18.2 Å². The molecule has 4 nitrogen and oxygen atoms in total. The summed E-state index contributed by atoms with van der Waals surface area (Å²) in [7, 11) is -3.50. The van der Waals surface area contributed by atoms with Crippen LogP contribution in [-0.4, -0.2) is 15.0 Å². The fourth-order valence-corrected chi connectivity index (χ4v) is 4.45. The molecule has 0 aliphatic rings. The van der Waals surface area contributed by atoms with E-state index in [2.05, 4.69) is 39.6 Å². The molecule has 0 radical (unpaired) electrons. The van der Waals surface area contributed by atoms with Crippen LogP contribution in [0.25, 0.3) is 0 Å². The van der Waals surface area contributed by atoms with Gasteiger partial charge in [0.15, 0.2) is 0 Å². The highest BCUT2D eigenvalue weighted by Gasteiger charge is 2.16. The minimum Gasteiger partial charge on any atom is -0.312 e. The van der Waals surface area contributed by atoms with Crippen LogP contribution in [0, 0.1) is 3.57 Å². The van der Waals surface area contributed by atoms with Gasteiger partial charge in [0.05, 0.1) is 0 Å². The zero-order valence-corrected chi connectivity index (χ0v) is 15.4. The summed E-state index contributed by atoms with van der Waals surface area (Å²) in [6.45, 7) is 3.74. The summed E-state index contributed by atoms with van der Waals surface area (Å²) in [5.74, 6) is 0. The first-order valence-electron chi connectivity index (χ1n) is 6.59. The predicted octanol–water partition coefficient (Wildman–Crippen LogP) is 3.65. The predicted molar refractivity (Wildman–Crippen MR) is 96.3 cm³/mol. The topological polar surface area (TPSA) is 58.2 Å². The van der Waals surface area contributed by atoms with Crippen LogP contribution < -0.4 is 10.0 Å². The molecule has 0 unspecified atom stereocenters. The van der Waals surface area contributed by atoms with E-state index >= 15 is 0 Å². The van der Waals surface area contributed by atoms with Gasteiger partial charge in [0.25, 0.3) is 10.0 Å². The molecule has 0 bridgehead atoms. The van der Waals surface area contributed by atoms with Gasteiger partial charge in [-0.1, -0.05) is 6.92 Å². The smallest absolute Gasteiger partial charge is 0.271 e. The van der Waals surface area contributed by atoms with Crippen molar-refractivity contribution in [3.63, 3.8) is 0 Å². The average molecular weight is 436 g/mol. The van der Waals surface area contributed by atoms with Gasteiger partial charge < -0.3 is 5.32 Å². The lowest BCUT2D eigenvalue weighted by Crippen LogP contribution is -2.13. The number of anilines is 1. The Labute approximate surface area is 143 Å². The molecular weight excluding hydrogens is 419 g/mol. The summed E-state index contributed by atoms with van der Waals surface area (Å²) in [6, 6.07) is 10.8. The summed E-state index contributed by atoms with van der Waals surface area (Å²) in [5.41, 5.74) is 0.578. The Balaban J connectivity index is 2.07. The lowest BCUT2D eigenvalue weighted by atomic mass is 10.3. The van der Waals surface area contributed by atoms with Gasteiger partial charge in [0.1, 0.15) is 4.21 Å². The maximum Gasteiger partial charge on any atom is 0.271 e. The second-order valence-corrected chi connectivity index (χ2v) is 8.83. The van der Waals surface area contributed by atoms with Crippen molar-refractivity contribution in [3.8, 4) is 0 Å². The number of rotatable bonds is 7. The third-order valence-corrected chi connectivity index (χ3v) is 6.40. The van der Waals surface area contributed by atoms with E-state index in [0.717, 1.165) is 21.4 Å². The summed E-state index contributed by atoms with van der Waals surface area (Å²) in [6.07, 6.45) is 1.06. The number of hydrogen-bond donors (Lipinski definition) is 2. The first-order chi connectivity index (χ1) is 10.0. The summed E-state index contributed by atoms with van der Waals surface area (Å²) < 4.78 is 28.6. The molecule has 0 saturated carbocycles. The average Bonchev–Trinajstić information content (AvgIpc) is 2.91. The van der Waals surface area contributed by atoms with Gasteiger partial charge in [-0.3, -0.25) is 4.72 Å². The van der Waals surface area contributed by atoms with Crippen LogP contribution in [0.3, 0.4) is 0 Å². The van der Waals surface area contributed by atoms with Gasteiger partial charge in [-0.2, -0.15) is 0 Å². The molecule has 1 heterocycles. The van der Waals surface area contributed by atoms with E-state index in [0.29, 0.717) is 16.4 Å². The number of hydrogen-bond acceptors (Lipinski definition) is 4. The lowest BCUT2D eigenvalue weighted by Gasteiger charge is -2.06. The highest BCUT2D eigenvalue weighted by Crippen LogP contribution is 2.24. The van der Waals surface area contributed by atoms with Crippen molar-refractivity contribution in [1.29, 1.82) is 0 Å². The highest BCUT2D eigenvalue weighted by atomic mass is 127. The second kappa shape index (κ2) is 7.57. The molecule has 0 fully saturated rings. The van der Waals surface area contributed by atoms with Crippen molar-refractivity contribution < 1.29 is 8.42 Å². The second-order valence-electron chi connectivity index (χ2n) is 4.51. The van der Waals surface area contributed by atoms with Gasteiger partial charge in [-0.05, 0) is 72.0 Å². The molecule has 114 valence electrons. The molecule has 2 rings (SSSR count). The minimum absolute atomic E-state index is 0.342. The Hall–Kier alpha value is -0.640. The fourth-order valence-electron chi connectivity index (χ4n) is 1.71. The Morgan fingerprint density at radius 3 is 2.52 bits per heavy atom. The van der Waals surface area contributed by atoms with Crippen molar-refractivity contribution in [2.75, 3.05) is 11.3 Å². The van der Waals surface area contributed by atoms with Gasteiger partial charge in [0.2, 0.25) is 0 Å². The molecule has 0 atom stereocenters. The molecule has 2 N–H and O–H groups in total. The number of thiophene rings is 1. The zero-order valence-electron chi connectivity index (χ0n) is 11.6. The molecule has 0 amide bonds. The number of benzene rings is 1. The molecule has 2 aromatic rings. The summed E-state index contributed by atoms with van der Waals surface area (Å²) >= 11 is 3.48. The minimum atomic E-state index is -3.50. The normalized spacial score (nSPS) is 11.5. The van der Waals surface area contributed by atoms with E-state index in [1.807, 2.05) is 18.2 Å². The maximum absolute atomic E-state index is 12.3. The van der Waals surface area contributed by atoms with Gasteiger partial charge in [0, 0.05) is 20.7 Å². The largest absolute Gasteiger partial charge is 0.312 e. The number of nitrogens with one attached hydrogen (secondary N) is 2. The van der Waals surface area contributed by atoms with Crippen LogP contribution in [0.1, 0.15) is 18.2 Å². The van der Waals surface area contributed by atoms with Crippen molar-refractivity contribution in [1.82, 2.24) is 5.32 Å². The Kier molecular flexibility index (Phi) is 6.03. The Bertz CT molecular complexity index is 681. The third kappa shape index (κ3) is 4.94. The van der Waals surface area contributed by atoms with Crippen molar-refractivity contribution >= 4 is 49.6 Å². The molecule has 0 aliphatic carbocycles. The van der Waals surface area contributed by atoms with E-state index < -0.39 is 10.0 Å². The Morgan fingerprint density at radius 2 is 1.86 bits per heavy atom. The SMILES string of the molecule is CCCNCc1ccc(S(=O)(=O)Nc2ccc(I)cc2)s1. The zero-order chi connectivity index (χ0) is 15.3. The molecule has 0 aliphatic heterocycles. The molecule has 1 aromatic carbocycles. The highest BCUT2D eigenvalue weighted by molar-refractivity contribution is 14.1. The molecular formula is C14H17IN2O2S2. The lowest BCUT2D eigenvalue weighted by molar-refractivity contribution is 0.603. The quantitative estimate of drug-likeness (QED) is 0.515. The Morgan fingerprint density at radius 1 is 1.14 bits per heavy atom. The first kappa shape index (κ1) is 16.7. The number of sulfonamides is 1. The molecule has 1 aromatic heterocycles. The molecule has 7 heteroatoms. The standard InChI is InChI=1S/C14H17IN2O2S2/c1-2-9-16-10-13-7-8-14(20-13)21(18,19)17-12-5-3-11(15)4-6-12/h3-8,16-17H,2,9-10H2,1H3. The fraction of sp³-hybridized carbons (Fsp3) is 0.286. The molecule has 0 saturated heterocycles. The van der Waals surface area contributed by atoms with E-state index in [-0.39, 0.29) is 0 Å². The van der Waals surface area contributed by atoms with Crippen LogP contribution in [0.2, 0.25) is 0 Å². The molecule has 0 spiro atoms. The van der Waals surface area contributed by atoms with E-state index in [9.17, 15) is 8.42 Å². The van der Waals surface area contributed by atoms with Gasteiger partial charge in [-0.25, -0.2) is 8.42 Å². The van der Waals surface area contributed by atoms with Crippen molar-refractivity contribution in [2.45, 2.75) is 24.1 Å². The van der Waals surface area contributed by atoms with Gasteiger partial charge in [-0.15, -0.1) is 11.3 Å². The van der Waals surface area contributed by atoms with Crippen LogP contribution >= 0.6 is 33.9 Å².